The summed E-state index contributed by atoms with van der Waals surface area (Å²) in [4.78, 5) is -0.195. The van der Waals surface area contributed by atoms with Crippen LogP contribution in [-0.2, 0) is 10.0 Å². The quantitative estimate of drug-likeness (QED) is 0.844. The van der Waals surface area contributed by atoms with Crippen LogP contribution in [0.1, 0.15) is 11.5 Å². The third-order valence-corrected chi connectivity index (χ3v) is 4.18. The minimum atomic E-state index is -4.11. The molecule has 1 aromatic carbocycles. The van der Waals surface area contributed by atoms with Crippen molar-refractivity contribution in [3.8, 4) is 0 Å². The molecule has 108 valence electrons. The second-order valence-corrected chi connectivity index (χ2v) is 5.73. The Bertz CT molecular complexity index is 752. The van der Waals surface area contributed by atoms with Gasteiger partial charge in [0.1, 0.15) is 17.3 Å². The lowest BCUT2D eigenvalue weighted by Crippen LogP contribution is -2.16. The second-order valence-electron chi connectivity index (χ2n) is 4.11. The van der Waals surface area contributed by atoms with Crippen molar-refractivity contribution in [3.05, 3.63) is 35.2 Å². The molecule has 20 heavy (non-hydrogen) atoms. The first-order valence-corrected chi connectivity index (χ1v) is 6.91. The smallest absolute Gasteiger partial charge is 0.267 e. The van der Waals surface area contributed by atoms with Gasteiger partial charge in [-0.15, -0.1) is 0 Å². The Morgan fingerprint density at radius 1 is 1.25 bits per heavy atom. The Labute approximate surface area is 113 Å². The highest BCUT2D eigenvalue weighted by Crippen LogP contribution is 2.26. The van der Waals surface area contributed by atoms with Crippen molar-refractivity contribution in [2.45, 2.75) is 18.7 Å². The third kappa shape index (κ3) is 2.44. The maximum atomic E-state index is 13.5. The van der Waals surface area contributed by atoms with Crippen LogP contribution < -0.4 is 10.5 Å². The molecule has 0 bridgehead atoms. The predicted molar refractivity (Wildman–Crippen MR) is 67.6 cm³/mol. The molecule has 0 aliphatic rings. The number of rotatable bonds is 3. The largest absolute Gasteiger partial charge is 0.396 e. The molecule has 0 aliphatic carbocycles. The highest BCUT2D eigenvalue weighted by Gasteiger charge is 2.25. The van der Waals surface area contributed by atoms with E-state index in [1.807, 2.05) is 4.72 Å². The number of hydrogen-bond acceptors (Lipinski definition) is 5. The Kier molecular flexibility index (Phi) is 3.38. The number of benzene rings is 1. The topological polar surface area (TPSA) is 98.2 Å². The summed E-state index contributed by atoms with van der Waals surface area (Å²) in [5, 5.41) is 3.51. The van der Waals surface area contributed by atoms with Crippen LogP contribution in [0.25, 0.3) is 0 Å². The SMILES string of the molecule is Cc1noc(C)c1S(=O)(=O)Nc1cc(N)c(F)cc1F. The van der Waals surface area contributed by atoms with Crippen LogP contribution >= 0.6 is 0 Å². The molecule has 3 N–H and O–H groups in total. The first kappa shape index (κ1) is 14.3. The number of nitrogens with zero attached hydrogens (tertiary/aromatic N) is 1. The molecule has 0 unspecified atom stereocenters. The Morgan fingerprint density at radius 3 is 2.45 bits per heavy atom. The van der Waals surface area contributed by atoms with Crippen molar-refractivity contribution in [3.63, 3.8) is 0 Å². The summed E-state index contributed by atoms with van der Waals surface area (Å²) in [5.74, 6) is -1.99. The second kappa shape index (κ2) is 4.75. The van der Waals surface area contributed by atoms with Gasteiger partial charge in [0.25, 0.3) is 10.0 Å². The monoisotopic (exact) mass is 303 g/mol. The van der Waals surface area contributed by atoms with Gasteiger partial charge in [-0.3, -0.25) is 4.72 Å². The maximum Gasteiger partial charge on any atom is 0.267 e. The zero-order chi connectivity index (χ0) is 15.1. The number of sulfonamides is 1. The van der Waals surface area contributed by atoms with Gasteiger partial charge < -0.3 is 10.3 Å². The van der Waals surface area contributed by atoms with E-state index in [1.165, 1.54) is 13.8 Å². The normalized spacial score (nSPS) is 11.6. The van der Waals surface area contributed by atoms with Gasteiger partial charge in [0, 0.05) is 6.07 Å². The molecule has 0 saturated heterocycles. The van der Waals surface area contributed by atoms with Crippen molar-refractivity contribution in [2.75, 3.05) is 10.5 Å². The number of nitrogens with two attached hydrogens (primary N) is 1. The number of aryl methyl sites for hydroxylation is 2. The summed E-state index contributed by atoms with van der Waals surface area (Å²) in [5.41, 5.74) is 4.58. The van der Waals surface area contributed by atoms with E-state index in [1.54, 1.807) is 0 Å². The number of halogens is 2. The van der Waals surface area contributed by atoms with Crippen LogP contribution in [0.15, 0.2) is 21.6 Å². The van der Waals surface area contributed by atoms with E-state index < -0.39 is 27.3 Å². The molecule has 0 amide bonds. The van der Waals surface area contributed by atoms with Crippen molar-refractivity contribution in [2.24, 2.45) is 0 Å². The van der Waals surface area contributed by atoms with Crippen LogP contribution in [-0.4, -0.2) is 13.6 Å². The predicted octanol–water partition coefficient (Wildman–Crippen LogP) is 1.95. The molecule has 1 heterocycles. The summed E-state index contributed by atoms with van der Waals surface area (Å²) < 4.78 is 57.6. The minimum Gasteiger partial charge on any atom is -0.396 e. The van der Waals surface area contributed by atoms with Crippen LogP contribution in [0, 0.1) is 25.5 Å². The average molecular weight is 303 g/mol. The molecule has 0 aliphatic heterocycles. The first-order valence-electron chi connectivity index (χ1n) is 5.42. The van der Waals surface area contributed by atoms with Gasteiger partial charge in [0.15, 0.2) is 10.7 Å². The number of nitrogen functional groups attached to an aromatic ring is 1. The summed E-state index contributed by atoms with van der Waals surface area (Å²) in [6.07, 6.45) is 0. The highest BCUT2D eigenvalue weighted by molar-refractivity contribution is 7.92. The van der Waals surface area contributed by atoms with E-state index in [0.29, 0.717) is 6.07 Å². The summed E-state index contributed by atoms with van der Waals surface area (Å²) in [7, 11) is -4.11. The summed E-state index contributed by atoms with van der Waals surface area (Å²) in [6, 6.07) is 1.36. The van der Waals surface area contributed by atoms with E-state index in [0.717, 1.165) is 6.07 Å². The van der Waals surface area contributed by atoms with Crippen LogP contribution in [0.4, 0.5) is 20.2 Å². The van der Waals surface area contributed by atoms with Crippen molar-refractivity contribution >= 4 is 21.4 Å². The maximum absolute atomic E-state index is 13.5. The molecule has 0 spiro atoms. The molecule has 0 radical (unpaired) electrons. The van der Waals surface area contributed by atoms with Crippen molar-refractivity contribution < 1.29 is 21.7 Å². The standard InChI is InChI=1S/C11H11F2N3O3S/c1-5-11(6(2)19-15-5)20(17,18)16-10-4-9(14)7(12)3-8(10)13/h3-4,16H,14H2,1-2H3. The Hall–Kier alpha value is -2.16. The lowest BCUT2D eigenvalue weighted by molar-refractivity contribution is 0.390. The molecule has 0 fully saturated rings. The highest BCUT2D eigenvalue weighted by atomic mass is 32.2. The number of anilines is 2. The van der Waals surface area contributed by atoms with Gasteiger partial charge in [-0.25, -0.2) is 17.2 Å². The molecular weight excluding hydrogens is 292 g/mol. The lowest BCUT2D eigenvalue weighted by Gasteiger charge is -2.09. The van der Waals surface area contributed by atoms with Crippen molar-refractivity contribution in [1.82, 2.24) is 5.16 Å². The molecule has 0 saturated carbocycles. The Balaban J connectivity index is 2.47. The van der Waals surface area contributed by atoms with Crippen LogP contribution in [0.2, 0.25) is 0 Å². The number of nitrogens with one attached hydrogen (secondary N) is 1. The number of aromatic nitrogens is 1. The van der Waals surface area contributed by atoms with E-state index in [-0.39, 0.29) is 22.0 Å². The zero-order valence-corrected chi connectivity index (χ0v) is 11.4. The van der Waals surface area contributed by atoms with E-state index in [9.17, 15) is 17.2 Å². The first-order chi connectivity index (χ1) is 9.22. The fourth-order valence-corrected chi connectivity index (χ4v) is 3.09. The average Bonchev–Trinajstić information content (AvgIpc) is 2.66. The fraction of sp³-hybridized carbons (Fsp3) is 0.182. The van der Waals surface area contributed by atoms with Gasteiger partial charge >= 0.3 is 0 Å². The van der Waals surface area contributed by atoms with Gasteiger partial charge in [0.05, 0.1) is 11.4 Å². The summed E-state index contributed by atoms with van der Waals surface area (Å²) in [6.45, 7) is 2.84. The molecule has 2 rings (SSSR count). The van der Waals surface area contributed by atoms with E-state index in [4.69, 9.17) is 10.3 Å². The minimum absolute atomic E-state index is 0.0606. The summed E-state index contributed by atoms with van der Waals surface area (Å²) >= 11 is 0. The lowest BCUT2D eigenvalue weighted by atomic mass is 10.2. The zero-order valence-electron chi connectivity index (χ0n) is 10.6. The Morgan fingerprint density at radius 2 is 1.90 bits per heavy atom. The molecule has 0 atom stereocenters. The molecule has 2 aromatic rings. The van der Waals surface area contributed by atoms with Gasteiger partial charge in [-0.2, -0.15) is 0 Å². The van der Waals surface area contributed by atoms with Gasteiger partial charge in [-0.05, 0) is 19.9 Å². The van der Waals surface area contributed by atoms with Crippen LogP contribution in [0.5, 0.6) is 0 Å². The molecular formula is C11H11F2N3O3S. The molecule has 6 nitrogen and oxygen atoms in total. The number of hydrogen-bond donors (Lipinski definition) is 2. The molecule has 1 aromatic heterocycles. The fourth-order valence-electron chi connectivity index (χ4n) is 1.70. The van der Waals surface area contributed by atoms with E-state index >= 15 is 0 Å². The van der Waals surface area contributed by atoms with E-state index in [2.05, 4.69) is 5.16 Å². The third-order valence-electron chi connectivity index (χ3n) is 2.57. The van der Waals surface area contributed by atoms with Crippen LogP contribution in [0.3, 0.4) is 0 Å². The van der Waals surface area contributed by atoms with Gasteiger partial charge in [-0.1, -0.05) is 5.16 Å². The molecule has 9 heteroatoms. The van der Waals surface area contributed by atoms with Gasteiger partial charge in [0.2, 0.25) is 0 Å². The van der Waals surface area contributed by atoms with Crippen molar-refractivity contribution in [1.29, 1.82) is 0 Å².